The number of alkyl halides is 3. The largest absolute Gasteiger partial charge is 0.422 e. The van der Waals surface area contributed by atoms with Gasteiger partial charge in [0.25, 0.3) is 0 Å². The molecular formula is C12H5BrF3N3O2. The monoisotopic (exact) mass is 359 g/mol. The molecule has 9 heteroatoms. The maximum atomic E-state index is 13.2. The van der Waals surface area contributed by atoms with Crippen molar-refractivity contribution in [3.05, 3.63) is 50.1 Å². The SMILES string of the molecule is N#Cc1[nH]c([N+](=O)[O-])c(-c2cccc(Br)c2)c1C(F)(F)F. The highest BCUT2D eigenvalue weighted by Crippen LogP contribution is 2.44. The number of H-pyrrole nitrogens is 1. The molecule has 21 heavy (non-hydrogen) atoms. The van der Waals surface area contributed by atoms with Gasteiger partial charge in [0.05, 0.1) is 5.56 Å². The van der Waals surface area contributed by atoms with Crippen LogP contribution in [0, 0.1) is 21.4 Å². The van der Waals surface area contributed by atoms with E-state index in [1.807, 2.05) is 4.98 Å². The lowest BCUT2D eigenvalue weighted by Crippen LogP contribution is -2.08. The first-order valence-corrected chi connectivity index (χ1v) is 6.18. The molecule has 1 heterocycles. The number of nitrogens with zero attached hydrogens (tertiary/aromatic N) is 2. The number of benzene rings is 1. The molecular weight excluding hydrogens is 355 g/mol. The third-order valence-electron chi connectivity index (χ3n) is 2.67. The Kier molecular flexibility index (Phi) is 3.74. The third-order valence-corrected chi connectivity index (χ3v) is 3.16. The molecule has 0 aliphatic carbocycles. The summed E-state index contributed by atoms with van der Waals surface area (Å²) in [5.41, 5.74) is -2.88. The predicted octanol–water partition coefficient (Wildman–Crippen LogP) is 4.24. The van der Waals surface area contributed by atoms with Crippen LogP contribution in [0.2, 0.25) is 0 Å². The van der Waals surface area contributed by atoms with Crippen LogP contribution in [0.4, 0.5) is 19.0 Å². The van der Waals surface area contributed by atoms with Crippen LogP contribution in [0.1, 0.15) is 11.3 Å². The molecule has 5 nitrogen and oxygen atoms in total. The van der Waals surface area contributed by atoms with E-state index in [1.165, 1.54) is 24.3 Å². The molecule has 1 N–H and O–H groups in total. The lowest BCUT2D eigenvalue weighted by atomic mass is 10.0. The van der Waals surface area contributed by atoms with Crippen molar-refractivity contribution in [1.29, 1.82) is 5.26 Å². The molecule has 108 valence electrons. The number of nitriles is 1. The van der Waals surface area contributed by atoms with Gasteiger partial charge in [0.15, 0.2) is 0 Å². The molecule has 0 aliphatic heterocycles. The van der Waals surface area contributed by atoms with Gasteiger partial charge >= 0.3 is 12.0 Å². The normalized spacial score (nSPS) is 11.2. The van der Waals surface area contributed by atoms with E-state index in [9.17, 15) is 23.3 Å². The predicted molar refractivity (Wildman–Crippen MR) is 70.3 cm³/mol. The summed E-state index contributed by atoms with van der Waals surface area (Å²) in [6.45, 7) is 0. The number of aromatic amines is 1. The van der Waals surface area contributed by atoms with Crippen molar-refractivity contribution in [2.75, 3.05) is 0 Å². The van der Waals surface area contributed by atoms with Gasteiger partial charge in [0.1, 0.15) is 11.6 Å². The number of halogens is 4. The van der Waals surface area contributed by atoms with E-state index in [4.69, 9.17) is 5.26 Å². The van der Waals surface area contributed by atoms with Gasteiger partial charge in [-0.3, -0.25) is 0 Å². The molecule has 0 amide bonds. The minimum absolute atomic E-state index is 0.0128. The van der Waals surface area contributed by atoms with E-state index >= 15 is 0 Å². The summed E-state index contributed by atoms with van der Waals surface area (Å²) in [6.07, 6.45) is -4.90. The summed E-state index contributed by atoms with van der Waals surface area (Å²) in [6, 6.07) is 6.94. The highest BCUT2D eigenvalue weighted by Gasteiger charge is 2.43. The fourth-order valence-electron chi connectivity index (χ4n) is 1.92. The molecule has 0 aliphatic rings. The van der Waals surface area contributed by atoms with Crippen molar-refractivity contribution in [3.8, 4) is 17.2 Å². The Morgan fingerprint density at radius 3 is 2.52 bits per heavy atom. The Morgan fingerprint density at radius 2 is 2.05 bits per heavy atom. The van der Waals surface area contributed by atoms with E-state index < -0.39 is 33.7 Å². The van der Waals surface area contributed by atoms with Gasteiger partial charge in [-0.25, -0.2) is 4.98 Å². The standard InChI is InChI=1S/C12H5BrF3N3O2/c13-7-3-1-2-6(4-7)9-10(12(14,15)16)8(5-17)18-11(9)19(20)21/h1-4,18H. The minimum atomic E-state index is -4.90. The minimum Gasteiger partial charge on any atom is -0.358 e. The van der Waals surface area contributed by atoms with E-state index in [0.29, 0.717) is 4.47 Å². The van der Waals surface area contributed by atoms with Gasteiger partial charge in [-0.2, -0.15) is 18.4 Å². The van der Waals surface area contributed by atoms with Crippen molar-refractivity contribution in [2.45, 2.75) is 6.18 Å². The molecule has 1 aromatic carbocycles. The number of rotatable bonds is 2. The molecule has 0 spiro atoms. The second-order valence-electron chi connectivity index (χ2n) is 3.98. The number of hydrogen-bond acceptors (Lipinski definition) is 3. The first-order chi connectivity index (χ1) is 9.75. The van der Waals surface area contributed by atoms with Gasteiger partial charge in [0, 0.05) is 4.47 Å². The van der Waals surface area contributed by atoms with Crippen LogP contribution in [-0.2, 0) is 6.18 Å². The third kappa shape index (κ3) is 2.75. The summed E-state index contributed by atoms with van der Waals surface area (Å²) >= 11 is 3.09. The van der Waals surface area contributed by atoms with Crippen molar-refractivity contribution >= 4 is 21.7 Å². The average molecular weight is 360 g/mol. The molecule has 1 aromatic heterocycles. The quantitative estimate of drug-likeness (QED) is 0.642. The van der Waals surface area contributed by atoms with Crippen molar-refractivity contribution in [1.82, 2.24) is 4.98 Å². The topological polar surface area (TPSA) is 82.7 Å². The van der Waals surface area contributed by atoms with Crippen LogP contribution >= 0.6 is 15.9 Å². The zero-order chi connectivity index (χ0) is 15.8. The summed E-state index contributed by atoms with van der Waals surface area (Å²) in [4.78, 5) is 11.9. The number of nitrogens with one attached hydrogen (secondary N) is 1. The van der Waals surface area contributed by atoms with Crippen molar-refractivity contribution < 1.29 is 18.1 Å². The molecule has 0 bridgehead atoms. The number of nitro groups is 1. The Hall–Kier alpha value is -2.34. The van der Waals surface area contributed by atoms with Gasteiger partial charge in [-0.05, 0) is 22.6 Å². The Morgan fingerprint density at radius 1 is 1.38 bits per heavy atom. The number of hydrogen-bond donors (Lipinski definition) is 1. The van der Waals surface area contributed by atoms with Crippen LogP contribution in [0.15, 0.2) is 28.7 Å². The van der Waals surface area contributed by atoms with Crippen LogP contribution < -0.4 is 0 Å². The lowest BCUT2D eigenvalue weighted by Gasteiger charge is -2.08. The molecule has 0 fully saturated rings. The molecule has 0 atom stereocenters. The maximum Gasteiger partial charge on any atom is 0.422 e. The van der Waals surface area contributed by atoms with Crippen LogP contribution in [0.5, 0.6) is 0 Å². The smallest absolute Gasteiger partial charge is 0.358 e. The zero-order valence-electron chi connectivity index (χ0n) is 10.0. The first kappa shape index (κ1) is 15.1. The summed E-state index contributed by atoms with van der Waals surface area (Å²) in [5, 5.41) is 19.8. The zero-order valence-corrected chi connectivity index (χ0v) is 11.6. The Labute approximate surface area is 124 Å². The Bertz CT molecular complexity index is 762. The summed E-state index contributed by atoms with van der Waals surface area (Å²) < 4.78 is 39.9. The van der Waals surface area contributed by atoms with Gasteiger partial charge in [0.2, 0.25) is 5.69 Å². The fourth-order valence-corrected chi connectivity index (χ4v) is 2.32. The number of aromatic nitrogens is 1. The highest BCUT2D eigenvalue weighted by molar-refractivity contribution is 9.10. The lowest BCUT2D eigenvalue weighted by molar-refractivity contribution is -0.388. The van der Waals surface area contributed by atoms with E-state index in [0.717, 1.165) is 0 Å². The summed E-state index contributed by atoms with van der Waals surface area (Å²) in [5.74, 6) is -0.864. The first-order valence-electron chi connectivity index (χ1n) is 5.39. The van der Waals surface area contributed by atoms with Crippen molar-refractivity contribution in [2.24, 2.45) is 0 Å². The molecule has 0 radical (unpaired) electrons. The van der Waals surface area contributed by atoms with Crippen LogP contribution in [0.25, 0.3) is 11.1 Å². The van der Waals surface area contributed by atoms with Gasteiger partial charge in [-0.15, -0.1) is 0 Å². The van der Waals surface area contributed by atoms with Gasteiger partial charge < -0.3 is 10.1 Å². The van der Waals surface area contributed by atoms with Crippen LogP contribution in [-0.4, -0.2) is 9.91 Å². The fraction of sp³-hybridized carbons (Fsp3) is 0.0833. The summed E-state index contributed by atoms with van der Waals surface area (Å²) in [7, 11) is 0. The van der Waals surface area contributed by atoms with Crippen molar-refractivity contribution in [3.63, 3.8) is 0 Å². The molecule has 0 saturated heterocycles. The molecule has 0 saturated carbocycles. The molecule has 2 aromatic rings. The van der Waals surface area contributed by atoms with E-state index in [1.54, 1.807) is 6.07 Å². The molecule has 2 rings (SSSR count). The second kappa shape index (κ2) is 5.21. The van der Waals surface area contributed by atoms with E-state index in [2.05, 4.69) is 15.9 Å². The maximum absolute atomic E-state index is 13.2. The molecule has 0 unspecified atom stereocenters. The average Bonchev–Trinajstić information content (AvgIpc) is 2.78. The Balaban J connectivity index is 2.88. The highest BCUT2D eigenvalue weighted by atomic mass is 79.9. The van der Waals surface area contributed by atoms with Crippen LogP contribution in [0.3, 0.4) is 0 Å². The second-order valence-corrected chi connectivity index (χ2v) is 4.89. The van der Waals surface area contributed by atoms with E-state index in [-0.39, 0.29) is 5.56 Å². The van der Waals surface area contributed by atoms with Gasteiger partial charge in [-0.1, -0.05) is 28.1 Å².